The third-order valence-corrected chi connectivity index (χ3v) is 5.46. The van der Waals surface area contributed by atoms with Crippen molar-refractivity contribution in [3.63, 3.8) is 0 Å². The first kappa shape index (κ1) is 18.3. The first-order valence-corrected chi connectivity index (χ1v) is 9.74. The molecule has 0 aliphatic heterocycles. The van der Waals surface area contributed by atoms with E-state index in [9.17, 15) is 9.90 Å². The molecule has 0 saturated carbocycles. The van der Waals surface area contributed by atoms with Crippen molar-refractivity contribution >= 4 is 57.4 Å². The average Bonchev–Trinajstić information content (AvgIpc) is 3.03. The summed E-state index contributed by atoms with van der Waals surface area (Å²) < 4.78 is 2.57. The van der Waals surface area contributed by atoms with Crippen LogP contribution in [0, 0.1) is 3.57 Å². The zero-order chi connectivity index (χ0) is 19.1. The molecule has 134 valence electrons. The fraction of sp³-hybridized carbons (Fsp3) is 0. The van der Waals surface area contributed by atoms with Crippen LogP contribution in [0.5, 0.6) is 0 Å². The summed E-state index contributed by atoms with van der Waals surface area (Å²) in [5.41, 5.74) is 4.20. The molecular formula is C20H11Cl2IN2O2. The fourth-order valence-electron chi connectivity index (χ4n) is 2.91. The minimum Gasteiger partial charge on any atom is -0.478 e. The van der Waals surface area contributed by atoms with Crippen molar-refractivity contribution in [2.24, 2.45) is 0 Å². The van der Waals surface area contributed by atoms with E-state index in [0.29, 0.717) is 15.7 Å². The molecule has 27 heavy (non-hydrogen) atoms. The topological polar surface area (TPSA) is 54.6 Å². The largest absolute Gasteiger partial charge is 0.478 e. The second-order valence-electron chi connectivity index (χ2n) is 5.90. The monoisotopic (exact) mass is 508 g/mol. The number of aromatic nitrogens is 2. The Morgan fingerprint density at radius 3 is 2.07 bits per heavy atom. The van der Waals surface area contributed by atoms with Gasteiger partial charge in [0, 0.05) is 27.4 Å². The SMILES string of the molecule is O=C(O)c1cc(I)c2nc(-c3ccc(Cl)cc3)c(-c3ccc(Cl)cc3)n2c1. The Labute approximate surface area is 178 Å². The van der Waals surface area contributed by atoms with Crippen LogP contribution in [0.3, 0.4) is 0 Å². The lowest BCUT2D eigenvalue weighted by atomic mass is 10.0. The number of fused-ring (bicyclic) bond motifs is 1. The maximum Gasteiger partial charge on any atom is 0.337 e. The minimum atomic E-state index is -0.987. The summed E-state index contributed by atoms with van der Waals surface area (Å²) in [5.74, 6) is -0.987. The van der Waals surface area contributed by atoms with Crippen LogP contribution in [0.25, 0.3) is 28.2 Å². The number of carboxylic acids is 1. The number of pyridine rings is 1. The molecule has 0 radical (unpaired) electrons. The zero-order valence-corrected chi connectivity index (χ0v) is 17.3. The molecule has 0 saturated heterocycles. The number of carbonyl (C=O) groups is 1. The maximum absolute atomic E-state index is 11.5. The third kappa shape index (κ3) is 3.42. The number of imidazole rings is 1. The van der Waals surface area contributed by atoms with Crippen LogP contribution in [0.15, 0.2) is 60.8 Å². The fourth-order valence-corrected chi connectivity index (χ4v) is 3.88. The molecular weight excluding hydrogens is 498 g/mol. The number of halogens is 3. The van der Waals surface area contributed by atoms with E-state index in [1.54, 1.807) is 36.5 Å². The smallest absolute Gasteiger partial charge is 0.337 e. The summed E-state index contributed by atoms with van der Waals surface area (Å²) in [6.07, 6.45) is 1.59. The number of benzene rings is 2. The molecule has 0 aliphatic carbocycles. The van der Waals surface area contributed by atoms with Crippen molar-refractivity contribution in [3.05, 3.63) is 80.0 Å². The third-order valence-electron chi connectivity index (χ3n) is 4.16. The molecule has 0 atom stereocenters. The van der Waals surface area contributed by atoms with Gasteiger partial charge in [0.15, 0.2) is 5.65 Å². The number of rotatable bonds is 3. The van der Waals surface area contributed by atoms with E-state index in [0.717, 1.165) is 26.1 Å². The van der Waals surface area contributed by atoms with Gasteiger partial charge in [0.1, 0.15) is 0 Å². The van der Waals surface area contributed by atoms with Crippen molar-refractivity contribution in [1.82, 2.24) is 9.38 Å². The molecule has 4 nitrogen and oxygen atoms in total. The molecule has 0 fully saturated rings. The maximum atomic E-state index is 11.5. The van der Waals surface area contributed by atoms with Gasteiger partial charge < -0.3 is 5.11 Å². The van der Waals surface area contributed by atoms with Crippen molar-refractivity contribution < 1.29 is 9.90 Å². The summed E-state index contributed by atoms with van der Waals surface area (Å²) in [4.78, 5) is 16.3. The second kappa shape index (κ2) is 7.14. The van der Waals surface area contributed by atoms with Crippen LogP contribution in [0.2, 0.25) is 10.0 Å². The average molecular weight is 509 g/mol. The molecule has 0 aliphatic rings. The van der Waals surface area contributed by atoms with Gasteiger partial charge in [-0.05, 0) is 52.9 Å². The van der Waals surface area contributed by atoms with E-state index >= 15 is 0 Å². The normalized spacial score (nSPS) is 11.1. The second-order valence-corrected chi connectivity index (χ2v) is 7.93. The van der Waals surface area contributed by atoms with Gasteiger partial charge in [0.05, 0.1) is 20.5 Å². The summed E-state index contributed by atoms with van der Waals surface area (Å²) in [6.45, 7) is 0. The van der Waals surface area contributed by atoms with E-state index in [-0.39, 0.29) is 5.56 Å². The number of aromatic carboxylic acids is 1. The van der Waals surface area contributed by atoms with E-state index in [4.69, 9.17) is 28.2 Å². The Kier molecular flexibility index (Phi) is 4.84. The van der Waals surface area contributed by atoms with E-state index in [2.05, 4.69) is 22.6 Å². The van der Waals surface area contributed by atoms with Crippen molar-refractivity contribution in [3.8, 4) is 22.5 Å². The van der Waals surface area contributed by atoms with Gasteiger partial charge in [0.25, 0.3) is 0 Å². The van der Waals surface area contributed by atoms with Crippen LogP contribution in [-0.2, 0) is 0 Å². The molecule has 7 heteroatoms. The van der Waals surface area contributed by atoms with Gasteiger partial charge >= 0.3 is 5.97 Å². The van der Waals surface area contributed by atoms with Gasteiger partial charge in [-0.2, -0.15) is 0 Å². The van der Waals surface area contributed by atoms with Gasteiger partial charge in [-0.15, -0.1) is 0 Å². The molecule has 2 aromatic heterocycles. The summed E-state index contributed by atoms with van der Waals surface area (Å²) in [6, 6.07) is 16.4. The van der Waals surface area contributed by atoms with Gasteiger partial charge in [-0.1, -0.05) is 47.5 Å². The number of nitrogens with zero attached hydrogens (tertiary/aromatic N) is 2. The standard InChI is InChI=1S/C20H11Cl2IN2O2/c21-14-5-1-11(2-6-14)17-18(12-3-7-15(22)8-4-12)25-10-13(20(26)27)9-16(23)19(25)24-17/h1-10H,(H,26,27). The summed E-state index contributed by atoms with van der Waals surface area (Å²) in [7, 11) is 0. The molecule has 4 rings (SSSR count). The molecule has 0 unspecified atom stereocenters. The van der Waals surface area contributed by atoms with Crippen molar-refractivity contribution in [2.45, 2.75) is 0 Å². The Hall–Kier alpha value is -2.09. The minimum absolute atomic E-state index is 0.196. The van der Waals surface area contributed by atoms with E-state index in [1.807, 2.05) is 28.7 Å². The molecule has 1 N–H and O–H groups in total. The number of hydrogen-bond acceptors (Lipinski definition) is 2. The molecule has 0 amide bonds. The van der Waals surface area contributed by atoms with Crippen molar-refractivity contribution in [2.75, 3.05) is 0 Å². The van der Waals surface area contributed by atoms with Crippen LogP contribution in [0.4, 0.5) is 0 Å². The van der Waals surface area contributed by atoms with Crippen LogP contribution in [0.1, 0.15) is 10.4 Å². The van der Waals surface area contributed by atoms with Crippen molar-refractivity contribution in [1.29, 1.82) is 0 Å². The first-order valence-electron chi connectivity index (χ1n) is 7.91. The molecule has 2 heterocycles. The molecule has 0 bridgehead atoms. The lowest BCUT2D eigenvalue weighted by molar-refractivity contribution is 0.0696. The Bertz CT molecular complexity index is 1170. The first-order chi connectivity index (χ1) is 12.9. The highest BCUT2D eigenvalue weighted by Crippen LogP contribution is 2.35. The lowest BCUT2D eigenvalue weighted by Crippen LogP contribution is -2.01. The molecule has 0 spiro atoms. The zero-order valence-electron chi connectivity index (χ0n) is 13.7. The van der Waals surface area contributed by atoms with Gasteiger partial charge in [0.2, 0.25) is 0 Å². The highest BCUT2D eigenvalue weighted by Gasteiger charge is 2.19. The quantitative estimate of drug-likeness (QED) is 0.331. The Morgan fingerprint density at radius 1 is 0.963 bits per heavy atom. The van der Waals surface area contributed by atoms with E-state index < -0.39 is 5.97 Å². The Balaban J connectivity index is 2.08. The van der Waals surface area contributed by atoms with Gasteiger partial charge in [-0.3, -0.25) is 4.40 Å². The number of hydrogen-bond donors (Lipinski definition) is 1. The molecule has 4 aromatic rings. The van der Waals surface area contributed by atoms with Crippen LogP contribution >= 0.6 is 45.8 Å². The van der Waals surface area contributed by atoms with E-state index in [1.165, 1.54) is 0 Å². The predicted molar refractivity (Wildman–Crippen MR) is 116 cm³/mol. The summed E-state index contributed by atoms with van der Waals surface area (Å²) in [5, 5.41) is 10.7. The lowest BCUT2D eigenvalue weighted by Gasteiger charge is -2.07. The highest BCUT2D eigenvalue weighted by molar-refractivity contribution is 14.1. The molecule has 2 aromatic carbocycles. The van der Waals surface area contributed by atoms with Crippen LogP contribution < -0.4 is 0 Å². The van der Waals surface area contributed by atoms with Crippen LogP contribution in [-0.4, -0.2) is 20.5 Å². The van der Waals surface area contributed by atoms with Gasteiger partial charge in [-0.25, -0.2) is 9.78 Å². The number of carboxylic acid groups (broad SMARTS) is 1. The highest BCUT2D eigenvalue weighted by atomic mass is 127. The Morgan fingerprint density at radius 2 is 1.52 bits per heavy atom. The predicted octanol–water partition coefficient (Wildman–Crippen LogP) is 6.28. The summed E-state index contributed by atoms with van der Waals surface area (Å²) >= 11 is 14.2.